The number of rotatable bonds is 6. The molecule has 12 aliphatic rings. The number of ether oxygens (including phenoxy) is 3. The predicted octanol–water partition coefficient (Wildman–Crippen LogP) is 16.4. The van der Waals surface area contributed by atoms with Crippen molar-refractivity contribution in [2.75, 3.05) is 42.5 Å². The van der Waals surface area contributed by atoms with Crippen molar-refractivity contribution in [3.05, 3.63) is 103 Å². The zero-order valence-corrected chi connectivity index (χ0v) is 64.4. The lowest BCUT2D eigenvalue weighted by Gasteiger charge is -2.64. The molecule has 24 atom stereocenters. The van der Waals surface area contributed by atoms with Crippen molar-refractivity contribution in [1.29, 1.82) is 0 Å². The normalized spacial score (nSPS) is 43.2. The highest BCUT2D eigenvalue weighted by Gasteiger charge is 2.71. The third kappa shape index (κ3) is 13.1. The Morgan fingerprint density at radius 2 is 0.765 bits per heavy atom. The monoisotopic (exact) mass is 1440 g/mol. The second kappa shape index (κ2) is 30.0. The molecule has 12 aliphatic carbocycles. The average molecular weight is 1440 g/mol. The summed E-state index contributed by atoms with van der Waals surface area (Å²) < 4.78 is 35.6. The van der Waals surface area contributed by atoms with Gasteiger partial charge in [0.2, 0.25) is 0 Å². The number of fused-ring (bicyclic) bond motifs is 15. The molecule has 0 saturated heterocycles. The molecule has 102 heavy (non-hydrogen) atoms. The molecule has 18 nitrogen and oxygen atoms in total. The predicted molar refractivity (Wildman–Crippen MR) is 393 cm³/mol. The van der Waals surface area contributed by atoms with Crippen LogP contribution in [0.15, 0.2) is 82.8 Å². The fraction of sp³-hybridized carbons (Fsp3) is 0.783. The minimum atomic E-state index is -0.773. The molecule has 3 unspecified atom stereocenters. The second-order valence-electron chi connectivity index (χ2n) is 35.3. The first-order valence-corrected chi connectivity index (χ1v) is 39.4. The summed E-state index contributed by atoms with van der Waals surface area (Å²) in [5.74, 6) is 5.41. The Bertz CT molecular complexity index is 3450. The zero-order chi connectivity index (χ0) is 74.6. The van der Waals surface area contributed by atoms with Crippen LogP contribution in [0.2, 0.25) is 0 Å². The quantitative estimate of drug-likeness (QED) is 0.132. The summed E-state index contributed by atoms with van der Waals surface area (Å²) in [6, 6.07) is 11.4. The summed E-state index contributed by atoms with van der Waals surface area (Å²) >= 11 is 4.60. The van der Waals surface area contributed by atoms with E-state index in [1.807, 2.05) is 32.3 Å². The van der Waals surface area contributed by atoms with Crippen LogP contribution in [0.4, 0.5) is 14.4 Å². The maximum atomic E-state index is 12.3. The van der Waals surface area contributed by atoms with E-state index in [0.29, 0.717) is 65.7 Å². The van der Waals surface area contributed by atoms with E-state index in [-0.39, 0.29) is 86.0 Å². The van der Waals surface area contributed by atoms with Crippen molar-refractivity contribution in [3.8, 4) is 0 Å². The van der Waals surface area contributed by atoms with Gasteiger partial charge in [-0.3, -0.25) is 0 Å². The molecule has 12 saturated carbocycles. The zero-order valence-electron chi connectivity index (χ0n) is 64.7. The number of hydrogen-bond donors (Lipinski definition) is 4. The lowest BCUT2D eigenvalue weighted by atomic mass is 9.43. The molecule has 0 aromatic carbocycles. The molecule has 0 radical (unpaired) electrons. The molecule has 12 fully saturated rings. The summed E-state index contributed by atoms with van der Waals surface area (Å²) in [6.07, 6.45) is 33.3. The van der Waals surface area contributed by atoms with Crippen LogP contribution in [0, 0.1) is 85.8 Å². The van der Waals surface area contributed by atoms with E-state index in [2.05, 4.69) is 70.2 Å². The molecule has 0 aliphatic heterocycles. The highest BCUT2D eigenvalue weighted by Crippen LogP contribution is 2.74. The number of amides is 2. The Hall–Kier alpha value is -5.01. The summed E-state index contributed by atoms with van der Waals surface area (Å²) in [4.78, 5) is 71.6. The molecule has 2 amide bonds. The van der Waals surface area contributed by atoms with E-state index < -0.39 is 22.2 Å². The molecular formula is C83H124ClN3O15. The number of halogens is 1. The fourth-order valence-corrected chi connectivity index (χ4v) is 26.5. The molecular weight excluding hydrogens is 1310 g/mol. The van der Waals surface area contributed by atoms with E-state index in [0.717, 1.165) is 157 Å². The van der Waals surface area contributed by atoms with Crippen LogP contribution in [0.1, 0.15) is 265 Å². The number of nitrogens with one attached hydrogen (secondary N) is 1. The van der Waals surface area contributed by atoms with Gasteiger partial charge in [-0.2, -0.15) is 0 Å². The maximum Gasteiger partial charge on any atom is 0.409 e. The van der Waals surface area contributed by atoms with Crippen LogP contribution < -0.4 is 22.2 Å². The molecule has 0 spiro atoms. The topological polar surface area (TPSA) is 249 Å². The van der Waals surface area contributed by atoms with Gasteiger partial charge in [0, 0.05) is 79.6 Å². The number of carbonyl (C=O) groups excluding carboxylic acids is 3. The minimum absolute atomic E-state index is 0.126. The van der Waals surface area contributed by atoms with Crippen LogP contribution in [0.3, 0.4) is 0 Å². The standard InChI is InChI=1S/2C27H39NO5.C25H37NO3.C2H3ClO2.C2H6/c2*1-25-12-9-19(28(3)24(30)32-4)15-18(25)6-7-22-21(25)10-13-26(2)20(11-14-27(22,26)31)17-5-8-23(29)33-16-17;1-23-11-8-18(26-3)14-17(23)5-6-21-20(23)9-12-24(2)19(10-13-25(21,24)28)16-4-7-22(27)29-15-16;1-5-2(3)4;1-2/h2*5,8,16,18-22,31H,6-7,9-15H2,1-4H3;4,7,15,17-21,26,28H,5-6,8-14H2,1-3H3;1H3;1-2H3/t2*18-,19?,20-,21+,22-,25+,26-,27+;17-,18?,19-,20+,21-,23+,24-,25+;;/m111../s1/i;;;;1D. The summed E-state index contributed by atoms with van der Waals surface area (Å²) in [7, 11) is 9.96. The van der Waals surface area contributed by atoms with Gasteiger partial charge in [0.05, 0.1) is 56.9 Å². The van der Waals surface area contributed by atoms with Gasteiger partial charge in [0.1, 0.15) is 0 Å². The highest BCUT2D eigenvalue weighted by atomic mass is 35.5. The minimum Gasteiger partial charge on any atom is -0.457 e. The first-order valence-electron chi connectivity index (χ1n) is 39.7. The van der Waals surface area contributed by atoms with E-state index in [1.165, 1.54) is 78.1 Å². The van der Waals surface area contributed by atoms with E-state index in [9.17, 15) is 44.1 Å². The van der Waals surface area contributed by atoms with Gasteiger partial charge >= 0.3 is 34.5 Å². The Labute approximate surface area is 612 Å². The van der Waals surface area contributed by atoms with Crippen LogP contribution >= 0.6 is 11.6 Å². The first kappa shape index (κ1) is 76.6. The molecule has 3 heterocycles. The van der Waals surface area contributed by atoms with Crippen molar-refractivity contribution in [2.24, 2.45) is 85.8 Å². The number of hydrogen-bond acceptors (Lipinski definition) is 16. The van der Waals surface area contributed by atoms with Gasteiger partial charge in [-0.15, -0.1) is 0 Å². The van der Waals surface area contributed by atoms with E-state index in [4.69, 9.17) is 24.1 Å². The van der Waals surface area contributed by atoms with Crippen LogP contribution in [-0.2, 0) is 14.2 Å². The van der Waals surface area contributed by atoms with Crippen molar-refractivity contribution in [2.45, 2.75) is 281 Å². The fourth-order valence-electron chi connectivity index (χ4n) is 26.5. The Balaban J connectivity index is 0.000000147. The van der Waals surface area contributed by atoms with E-state index in [1.54, 1.807) is 35.5 Å². The smallest absolute Gasteiger partial charge is 0.409 e. The molecule has 568 valence electrons. The van der Waals surface area contributed by atoms with Crippen molar-refractivity contribution < 1.29 is 58.5 Å². The largest absolute Gasteiger partial charge is 0.457 e. The van der Waals surface area contributed by atoms with Crippen molar-refractivity contribution in [1.82, 2.24) is 15.1 Å². The number of carbonyl (C=O) groups is 3. The van der Waals surface area contributed by atoms with Crippen molar-refractivity contribution >= 4 is 29.2 Å². The number of nitrogens with zero attached hydrogens (tertiary/aromatic N) is 2. The Morgan fingerprint density at radius 1 is 0.461 bits per heavy atom. The molecule has 15 rings (SSSR count). The van der Waals surface area contributed by atoms with Crippen LogP contribution in [0.25, 0.3) is 0 Å². The third-order valence-electron chi connectivity index (χ3n) is 32.5. The summed E-state index contributed by atoms with van der Waals surface area (Å²) in [5.41, 5.74) is -0.157. The van der Waals surface area contributed by atoms with Gasteiger partial charge in [-0.05, 0) is 303 Å². The van der Waals surface area contributed by atoms with Crippen molar-refractivity contribution in [3.63, 3.8) is 0 Å². The first-order chi connectivity index (χ1) is 48.8. The Kier molecular flexibility index (Phi) is 22.5. The number of aliphatic hydroxyl groups is 3. The molecule has 19 heteroatoms. The van der Waals surface area contributed by atoms with Gasteiger partial charge in [0.25, 0.3) is 0 Å². The lowest BCUT2D eigenvalue weighted by Crippen LogP contribution is -2.62. The molecule has 4 N–H and O–H groups in total. The molecule has 3 aromatic rings. The lowest BCUT2D eigenvalue weighted by molar-refractivity contribution is -0.203. The highest BCUT2D eigenvalue weighted by molar-refractivity contribution is 6.61. The van der Waals surface area contributed by atoms with E-state index >= 15 is 0 Å². The van der Waals surface area contributed by atoms with Crippen LogP contribution in [0.5, 0.6) is 0 Å². The molecule has 3 aromatic heterocycles. The number of methoxy groups -OCH3 is 3. The second-order valence-corrected chi connectivity index (χ2v) is 35.6. The SMILES string of the molecule is CNC1CC[C@@]2(C)[C@H](CC[C@@H]3[C@@H]2CC[C@]2(C)[C@@H](c4ccc(=O)oc4)CC[C@]32O)C1.COC(=O)Cl.COC(=O)N(C)C1CC[C@@]2(C)[C@H](CC[C@@H]3[C@@H]2CC[C@]2(C)[C@@H](c4ccc(=O)oc4)CC[C@]32O)C1.COC(=O)N(C)C1CC[C@@]2(C)[C@H](CC[C@@H]3[C@@H]2CC[C@]2(C)[C@@H](c4ccc(=O)oc4)CC[C@]32O)C1.[2H]CC. The van der Waals surface area contributed by atoms with Gasteiger partial charge in [-0.25, -0.2) is 28.8 Å². The average Bonchev–Trinajstić information content (AvgIpc) is 1.60. The van der Waals surface area contributed by atoms with Gasteiger partial charge in [0.15, 0.2) is 0 Å². The van der Waals surface area contributed by atoms with Gasteiger partial charge in [-0.1, -0.05) is 55.4 Å². The summed E-state index contributed by atoms with van der Waals surface area (Å²) in [5, 5.41) is 40.5. The Morgan fingerprint density at radius 3 is 1.04 bits per heavy atom. The van der Waals surface area contributed by atoms with Crippen LogP contribution in [-0.4, -0.2) is 120 Å². The summed E-state index contributed by atoms with van der Waals surface area (Å²) in [6.45, 7) is 16.6. The molecule has 0 bridgehead atoms. The maximum absolute atomic E-state index is 12.3. The third-order valence-corrected chi connectivity index (χ3v) is 32.6. The van der Waals surface area contributed by atoms with Gasteiger partial charge < -0.3 is 57.9 Å².